The third-order valence-corrected chi connectivity index (χ3v) is 4.82. The molecule has 3 atom stereocenters. The first-order chi connectivity index (χ1) is 13.5. The van der Waals surface area contributed by atoms with Crippen molar-refractivity contribution in [2.24, 2.45) is 7.05 Å². The van der Waals surface area contributed by atoms with Crippen molar-refractivity contribution in [2.45, 2.75) is 18.1 Å². The minimum atomic E-state index is -1.20. The molecule has 1 aliphatic heterocycles. The summed E-state index contributed by atoms with van der Waals surface area (Å²) < 4.78 is 1.71. The molecule has 3 heterocycles. The Hall–Kier alpha value is -3.05. The summed E-state index contributed by atoms with van der Waals surface area (Å²) >= 11 is 0. The molecule has 6 N–H and O–H groups in total. The highest BCUT2D eigenvalue weighted by molar-refractivity contribution is 5.93. The van der Waals surface area contributed by atoms with E-state index in [0.717, 1.165) is 11.3 Å². The number of carbonyl (C=O) groups excluding carboxylic acids is 1. The standard InChI is InChI=1S/C18H21N7O3/c1-25-8-7-19-15(25)18(16(27)21-17(28)22-18)10-20-14(26)13-9-12(23-24-13)11-5-3-2-4-6-11/h2-9,16-17,21-22,27-28H,10H2,1H3,(H,20,26)(H,23,24). The minimum absolute atomic E-state index is 0.0184. The van der Waals surface area contributed by atoms with E-state index in [1.165, 1.54) is 0 Å². The average Bonchev–Trinajstić information content (AvgIpc) is 3.40. The van der Waals surface area contributed by atoms with Crippen LogP contribution in [0, 0.1) is 0 Å². The van der Waals surface area contributed by atoms with Crippen molar-refractivity contribution >= 4 is 5.91 Å². The molecular formula is C18H21N7O3. The Labute approximate surface area is 160 Å². The Balaban J connectivity index is 1.53. The van der Waals surface area contributed by atoms with Crippen LogP contribution in [0.3, 0.4) is 0 Å². The fourth-order valence-electron chi connectivity index (χ4n) is 3.38. The lowest BCUT2D eigenvalue weighted by atomic mass is 9.97. The molecule has 1 amide bonds. The first-order valence-electron chi connectivity index (χ1n) is 8.76. The molecule has 1 aliphatic rings. The van der Waals surface area contributed by atoms with Crippen LogP contribution in [0.1, 0.15) is 16.3 Å². The Bertz CT molecular complexity index is 970. The van der Waals surface area contributed by atoms with Gasteiger partial charge in [0.1, 0.15) is 17.6 Å². The van der Waals surface area contributed by atoms with Gasteiger partial charge in [0, 0.05) is 26.0 Å². The molecular weight excluding hydrogens is 362 g/mol. The van der Waals surface area contributed by atoms with E-state index in [1.807, 2.05) is 30.3 Å². The summed E-state index contributed by atoms with van der Waals surface area (Å²) in [6, 6.07) is 11.2. The number of aliphatic hydroxyl groups excluding tert-OH is 2. The number of H-pyrrole nitrogens is 1. The van der Waals surface area contributed by atoms with E-state index in [-0.39, 0.29) is 12.2 Å². The number of nitrogens with one attached hydrogen (secondary N) is 4. The highest BCUT2D eigenvalue weighted by atomic mass is 16.3. The van der Waals surface area contributed by atoms with E-state index < -0.39 is 24.0 Å². The molecule has 28 heavy (non-hydrogen) atoms. The molecule has 3 aromatic rings. The van der Waals surface area contributed by atoms with Crippen molar-refractivity contribution in [2.75, 3.05) is 6.54 Å². The zero-order valence-corrected chi connectivity index (χ0v) is 15.1. The molecule has 3 unspecified atom stereocenters. The Kier molecular flexibility index (Phi) is 4.69. The first kappa shape index (κ1) is 18.3. The summed E-state index contributed by atoms with van der Waals surface area (Å²) in [4.78, 5) is 16.9. The Morgan fingerprint density at radius 2 is 2.11 bits per heavy atom. The molecule has 2 aromatic heterocycles. The first-order valence-corrected chi connectivity index (χ1v) is 8.76. The van der Waals surface area contributed by atoms with Gasteiger partial charge in [-0.2, -0.15) is 5.10 Å². The van der Waals surface area contributed by atoms with Gasteiger partial charge in [-0.3, -0.25) is 20.5 Å². The zero-order valence-electron chi connectivity index (χ0n) is 15.1. The van der Waals surface area contributed by atoms with Gasteiger partial charge in [-0.05, 0) is 11.6 Å². The maximum atomic E-state index is 12.6. The van der Waals surface area contributed by atoms with Gasteiger partial charge in [0.05, 0.1) is 5.69 Å². The molecule has 10 nitrogen and oxygen atoms in total. The number of imidazole rings is 1. The smallest absolute Gasteiger partial charge is 0.271 e. The molecule has 1 aromatic carbocycles. The summed E-state index contributed by atoms with van der Waals surface area (Å²) in [5, 5.41) is 35.5. The largest absolute Gasteiger partial charge is 0.376 e. The van der Waals surface area contributed by atoms with Crippen LogP contribution in [0.25, 0.3) is 11.3 Å². The third kappa shape index (κ3) is 3.18. The number of amides is 1. The monoisotopic (exact) mass is 383 g/mol. The molecule has 0 saturated carbocycles. The normalized spacial score (nSPS) is 24.4. The molecule has 1 fully saturated rings. The predicted octanol–water partition coefficient (Wildman–Crippen LogP) is -0.777. The molecule has 0 aliphatic carbocycles. The highest BCUT2D eigenvalue weighted by Gasteiger charge is 2.50. The number of aryl methyl sites for hydroxylation is 1. The van der Waals surface area contributed by atoms with Crippen molar-refractivity contribution in [1.29, 1.82) is 0 Å². The Morgan fingerprint density at radius 3 is 2.75 bits per heavy atom. The SMILES string of the molecule is Cn1ccnc1C1(CNC(=O)c2cc(-c3ccccc3)[nH]n2)NC(O)NC1O. The van der Waals surface area contributed by atoms with Gasteiger partial charge in [-0.15, -0.1) is 0 Å². The Morgan fingerprint density at radius 1 is 1.32 bits per heavy atom. The van der Waals surface area contributed by atoms with E-state index in [1.54, 1.807) is 30.1 Å². The van der Waals surface area contributed by atoms with Gasteiger partial charge >= 0.3 is 0 Å². The van der Waals surface area contributed by atoms with Crippen molar-refractivity contribution < 1.29 is 15.0 Å². The quantitative estimate of drug-likeness (QED) is 0.340. The fourth-order valence-corrected chi connectivity index (χ4v) is 3.38. The van der Waals surface area contributed by atoms with Gasteiger partial charge < -0.3 is 20.1 Å². The van der Waals surface area contributed by atoms with Crippen LogP contribution in [-0.2, 0) is 12.6 Å². The van der Waals surface area contributed by atoms with Gasteiger partial charge in [-0.25, -0.2) is 4.98 Å². The van der Waals surface area contributed by atoms with E-state index in [0.29, 0.717) is 5.82 Å². The number of aromatic amines is 1. The maximum Gasteiger partial charge on any atom is 0.271 e. The molecule has 0 spiro atoms. The molecule has 0 bridgehead atoms. The summed E-state index contributed by atoms with van der Waals surface area (Å²) in [7, 11) is 1.77. The number of aliphatic hydroxyl groups is 2. The predicted molar refractivity (Wildman–Crippen MR) is 99.5 cm³/mol. The van der Waals surface area contributed by atoms with Crippen LogP contribution in [0.4, 0.5) is 0 Å². The third-order valence-electron chi connectivity index (χ3n) is 4.82. The highest BCUT2D eigenvalue weighted by Crippen LogP contribution is 2.26. The van der Waals surface area contributed by atoms with E-state index in [4.69, 9.17) is 0 Å². The summed E-state index contributed by atoms with van der Waals surface area (Å²) in [6.45, 7) is -0.0184. The molecule has 4 rings (SSSR count). The molecule has 1 saturated heterocycles. The van der Waals surface area contributed by atoms with Crippen LogP contribution >= 0.6 is 0 Å². The van der Waals surface area contributed by atoms with Crippen molar-refractivity contribution in [3.05, 3.63) is 60.3 Å². The number of hydrogen-bond acceptors (Lipinski definition) is 7. The maximum absolute atomic E-state index is 12.6. The van der Waals surface area contributed by atoms with E-state index in [2.05, 4.69) is 31.1 Å². The number of rotatable bonds is 5. The van der Waals surface area contributed by atoms with Crippen molar-refractivity contribution in [3.8, 4) is 11.3 Å². The van der Waals surface area contributed by atoms with Crippen molar-refractivity contribution in [1.82, 2.24) is 35.7 Å². The number of aromatic nitrogens is 4. The lowest BCUT2D eigenvalue weighted by Gasteiger charge is -2.31. The fraction of sp³-hybridized carbons (Fsp3) is 0.278. The zero-order chi connectivity index (χ0) is 19.7. The topological polar surface area (TPSA) is 140 Å². The summed E-state index contributed by atoms with van der Waals surface area (Å²) in [5.74, 6) is 0.0544. The van der Waals surface area contributed by atoms with Gasteiger partial charge in [-0.1, -0.05) is 30.3 Å². The van der Waals surface area contributed by atoms with Crippen LogP contribution in [-0.4, -0.2) is 55.0 Å². The number of benzene rings is 1. The van der Waals surface area contributed by atoms with E-state index >= 15 is 0 Å². The summed E-state index contributed by atoms with van der Waals surface area (Å²) in [5.41, 5.74) is 0.653. The second-order valence-electron chi connectivity index (χ2n) is 6.66. The minimum Gasteiger partial charge on any atom is -0.376 e. The van der Waals surface area contributed by atoms with Gasteiger partial charge in [0.15, 0.2) is 12.0 Å². The van der Waals surface area contributed by atoms with Gasteiger partial charge in [0.2, 0.25) is 0 Å². The second kappa shape index (κ2) is 7.17. The van der Waals surface area contributed by atoms with Crippen LogP contribution in [0.5, 0.6) is 0 Å². The molecule has 10 heteroatoms. The van der Waals surface area contributed by atoms with Crippen LogP contribution in [0.15, 0.2) is 48.8 Å². The van der Waals surface area contributed by atoms with Crippen LogP contribution < -0.4 is 16.0 Å². The number of nitrogens with zero attached hydrogens (tertiary/aromatic N) is 3. The van der Waals surface area contributed by atoms with Crippen LogP contribution in [0.2, 0.25) is 0 Å². The summed E-state index contributed by atoms with van der Waals surface area (Å²) in [6.07, 6.45) is 0.997. The van der Waals surface area contributed by atoms with Crippen molar-refractivity contribution in [3.63, 3.8) is 0 Å². The number of carbonyl (C=O) groups is 1. The average molecular weight is 383 g/mol. The van der Waals surface area contributed by atoms with Gasteiger partial charge in [0.25, 0.3) is 5.91 Å². The molecule has 146 valence electrons. The lowest BCUT2D eigenvalue weighted by Crippen LogP contribution is -2.56. The molecule has 0 radical (unpaired) electrons. The number of hydrogen-bond donors (Lipinski definition) is 6. The van der Waals surface area contributed by atoms with E-state index in [9.17, 15) is 15.0 Å². The lowest BCUT2D eigenvalue weighted by molar-refractivity contribution is 0.0640. The second-order valence-corrected chi connectivity index (χ2v) is 6.66.